The summed E-state index contributed by atoms with van der Waals surface area (Å²) in [5.74, 6) is 0.547. The molecule has 5 heteroatoms. The third-order valence-electron chi connectivity index (χ3n) is 2.54. The molecular formula is C12H14BrNOS2. The second kappa shape index (κ2) is 5.50. The monoisotopic (exact) mass is 331 g/mol. The Morgan fingerprint density at radius 3 is 2.88 bits per heavy atom. The van der Waals surface area contributed by atoms with Gasteiger partial charge in [-0.25, -0.2) is 0 Å². The zero-order chi connectivity index (χ0) is 12.4. The molecule has 2 aromatic rings. The van der Waals surface area contributed by atoms with E-state index in [1.165, 1.54) is 9.40 Å². The van der Waals surface area contributed by atoms with Gasteiger partial charge in [0, 0.05) is 20.8 Å². The minimum absolute atomic E-state index is 0.0310. The van der Waals surface area contributed by atoms with Gasteiger partial charge in [0.05, 0.1) is 4.88 Å². The molecule has 1 N–H and O–H groups in total. The number of carbonyl (C=O) groups excluding carboxylic acids is 1. The van der Waals surface area contributed by atoms with Gasteiger partial charge in [-0.1, -0.05) is 29.8 Å². The van der Waals surface area contributed by atoms with Crippen LogP contribution in [0, 0.1) is 5.92 Å². The first kappa shape index (κ1) is 13.1. The summed E-state index contributed by atoms with van der Waals surface area (Å²) in [4.78, 5) is 13.1. The molecule has 0 saturated carbocycles. The van der Waals surface area contributed by atoms with Crippen molar-refractivity contribution in [2.24, 2.45) is 5.92 Å². The highest BCUT2D eigenvalue weighted by Gasteiger charge is 2.14. The van der Waals surface area contributed by atoms with Gasteiger partial charge in [0.15, 0.2) is 0 Å². The van der Waals surface area contributed by atoms with E-state index in [1.54, 1.807) is 22.7 Å². The highest BCUT2D eigenvalue weighted by atomic mass is 79.9. The van der Waals surface area contributed by atoms with Gasteiger partial charge in [-0.05, 0) is 23.4 Å². The van der Waals surface area contributed by atoms with Crippen molar-refractivity contribution in [3.8, 4) is 0 Å². The minimum Gasteiger partial charge on any atom is -0.350 e. The molecule has 1 atom stereocenters. The Morgan fingerprint density at radius 2 is 2.24 bits per heavy atom. The van der Waals surface area contributed by atoms with E-state index in [0.29, 0.717) is 17.3 Å². The maximum absolute atomic E-state index is 11.9. The summed E-state index contributed by atoms with van der Waals surface area (Å²) in [5, 5.41) is 5.01. The van der Waals surface area contributed by atoms with Crippen molar-refractivity contribution in [1.82, 2.24) is 5.32 Å². The van der Waals surface area contributed by atoms with Crippen LogP contribution >= 0.6 is 38.6 Å². The topological polar surface area (TPSA) is 29.1 Å². The molecule has 0 spiro atoms. The summed E-state index contributed by atoms with van der Waals surface area (Å²) >= 11 is 6.79. The van der Waals surface area contributed by atoms with Crippen LogP contribution in [0.2, 0.25) is 0 Å². The zero-order valence-corrected chi connectivity index (χ0v) is 12.9. The van der Waals surface area contributed by atoms with E-state index >= 15 is 0 Å². The number of thiophene rings is 2. The van der Waals surface area contributed by atoms with Crippen LogP contribution in [0.5, 0.6) is 0 Å². The third-order valence-corrected chi connectivity index (χ3v) is 6.02. The van der Waals surface area contributed by atoms with E-state index in [4.69, 9.17) is 0 Å². The number of hydrogen-bond acceptors (Lipinski definition) is 3. The van der Waals surface area contributed by atoms with E-state index in [9.17, 15) is 4.79 Å². The van der Waals surface area contributed by atoms with Gasteiger partial charge in [0.25, 0.3) is 5.91 Å². The first-order chi connectivity index (χ1) is 8.08. The molecule has 0 aliphatic rings. The van der Waals surface area contributed by atoms with Crippen LogP contribution in [0.1, 0.15) is 23.5 Å². The molecule has 0 radical (unpaired) electrons. The van der Waals surface area contributed by atoms with Gasteiger partial charge in [0.2, 0.25) is 0 Å². The minimum atomic E-state index is 0.0310. The van der Waals surface area contributed by atoms with Gasteiger partial charge in [0.1, 0.15) is 0 Å². The Bertz CT molecular complexity index is 489. The van der Waals surface area contributed by atoms with Crippen LogP contribution in [-0.4, -0.2) is 17.3 Å². The van der Waals surface area contributed by atoms with Gasteiger partial charge in [-0.15, -0.1) is 22.7 Å². The Morgan fingerprint density at radius 1 is 1.47 bits per heavy atom. The molecule has 92 valence electrons. The molecular weight excluding hydrogens is 318 g/mol. The number of fused-ring (bicyclic) bond motifs is 1. The Kier molecular flexibility index (Phi) is 4.22. The number of amides is 1. The zero-order valence-electron chi connectivity index (χ0n) is 9.70. The lowest BCUT2D eigenvalue weighted by molar-refractivity contribution is 0.0957. The van der Waals surface area contributed by atoms with Crippen molar-refractivity contribution in [3.05, 3.63) is 22.4 Å². The molecule has 1 unspecified atom stereocenters. The predicted octanol–water partition coefficient (Wildman–Crippen LogP) is 4.11. The number of hydrogen-bond donors (Lipinski definition) is 1. The molecule has 17 heavy (non-hydrogen) atoms. The van der Waals surface area contributed by atoms with Crippen molar-refractivity contribution in [1.29, 1.82) is 0 Å². The molecule has 2 heterocycles. The van der Waals surface area contributed by atoms with Gasteiger partial charge < -0.3 is 5.32 Å². The van der Waals surface area contributed by atoms with Crippen molar-refractivity contribution < 1.29 is 4.79 Å². The number of nitrogens with one attached hydrogen (secondary N) is 1. The molecule has 0 aromatic carbocycles. The van der Waals surface area contributed by atoms with Crippen molar-refractivity contribution >= 4 is 53.9 Å². The standard InChI is InChI=1S/C12H14BrNOS2/c1-7(2)8(13)6-14-12(15)11-5-10-9(17-11)3-4-16-10/h3-5,7-8H,6H2,1-2H3,(H,14,15). The van der Waals surface area contributed by atoms with Gasteiger partial charge >= 0.3 is 0 Å². The summed E-state index contributed by atoms with van der Waals surface area (Å²) in [6.07, 6.45) is 0. The normalized spacial score (nSPS) is 13.2. The lowest BCUT2D eigenvalue weighted by Crippen LogP contribution is -2.31. The smallest absolute Gasteiger partial charge is 0.261 e. The van der Waals surface area contributed by atoms with Crippen LogP contribution in [0.15, 0.2) is 17.5 Å². The molecule has 0 saturated heterocycles. The molecule has 0 fully saturated rings. The number of rotatable bonds is 4. The van der Waals surface area contributed by atoms with Gasteiger partial charge in [-0.2, -0.15) is 0 Å². The highest BCUT2D eigenvalue weighted by Crippen LogP contribution is 2.29. The second-order valence-electron chi connectivity index (χ2n) is 4.23. The maximum atomic E-state index is 11.9. The molecule has 0 aliphatic carbocycles. The lowest BCUT2D eigenvalue weighted by atomic mass is 10.1. The Labute approximate surface area is 117 Å². The molecule has 2 rings (SSSR count). The average Bonchev–Trinajstić information content (AvgIpc) is 2.84. The summed E-state index contributed by atoms with van der Waals surface area (Å²) in [6.45, 7) is 4.93. The fourth-order valence-electron chi connectivity index (χ4n) is 1.39. The number of carbonyl (C=O) groups is 1. The first-order valence-corrected chi connectivity index (χ1v) is 8.08. The average molecular weight is 332 g/mol. The number of halogens is 1. The molecule has 1 amide bonds. The molecule has 0 bridgehead atoms. The van der Waals surface area contributed by atoms with Crippen molar-refractivity contribution in [3.63, 3.8) is 0 Å². The van der Waals surface area contributed by atoms with E-state index in [-0.39, 0.29) is 5.91 Å². The van der Waals surface area contributed by atoms with E-state index in [2.05, 4.69) is 46.5 Å². The summed E-state index contributed by atoms with van der Waals surface area (Å²) in [5.41, 5.74) is 0. The predicted molar refractivity (Wildman–Crippen MR) is 79.6 cm³/mol. The van der Waals surface area contributed by atoms with Crippen molar-refractivity contribution in [2.45, 2.75) is 18.7 Å². The van der Waals surface area contributed by atoms with Gasteiger partial charge in [-0.3, -0.25) is 4.79 Å². The third kappa shape index (κ3) is 3.09. The van der Waals surface area contributed by atoms with Crippen LogP contribution in [0.4, 0.5) is 0 Å². The molecule has 2 nitrogen and oxygen atoms in total. The van der Waals surface area contributed by atoms with E-state index < -0.39 is 0 Å². The van der Waals surface area contributed by atoms with E-state index in [0.717, 1.165) is 4.88 Å². The summed E-state index contributed by atoms with van der Waals surface area (Å²) in [6, 6.07) is 4.03. The first-order valence-electron chi connectivity index (χ1n) is 5.47. The summed E-state index contributed by atoms with van der Waals surface area (Å²) < 4.78 is 2.39. The van der Waals surface area contributed by atoms with E-state index in [1.807, 2.05) is 6.07 Å². The highest BCUT2D eigenvalue weighted by molar-refractivity contribution is 9.09. The van der Waals surface area contributed by atoms with Crippen LogP contribution in [-0.2, 0) is 0 Å². The number of alkyl halides is 1. The quantitative estimate of drug-likeness (QED) is 0.839. The maximum Gasteiger partial charge on any atom is 0.261 e. The fourth-order valence-corrected chi connectivity index (χ4v) is 3.58. The fraction of sp³-hybridized carbons (Fsp3) is 0.417. The SMILES string of the molecule is CC(C)C(Br)CNC(=O)c1cc2sccc2s1. The lowest BCUT2D eigenvalue weighted by Gasteiger charge is -2.13. The van der Waals surface area contributed by atoms with Crippen LogP contribution in [0.25, 0.3) is 9.40 Å². The molecule has 0 aliphatic heterocycles. The second-order valence-corrected chi connectivity index (χ2v) is 7.44. The largest absolute Gasteiger partial charge is 0.350 e. The Balaban J connectivity index is 1.98. The summed E-state index contributed by atoms with van der Waals surface area (Å²) in [7, 11) is 0. The van der Waals surface area contributed by atoms with Crippen molar-refractivity contribution in [2.75, 3.05) is 6.54 Å². The van der Waals surface area contributed by atoms with Crippen LogP contribution < -0.4 is 5.32 Å². The Hall–Kier alpha value is -0.390. The molecule has 2 aromatic heterocycles. The van der Waals surface area contributed by atoms with Crippen LogP contribution in [0.3, 0.4) is 0 Å².